The van der Waals surface area contributed by atoms with E-state index in [9.17, 15) is 4.79 Å². The lowest BCUT2D eigenvalue weighted by molar-refractivity contribution is -0.127. The largest absolute Gasteiger partial charge is 0.383 e. The van der Waals surface area contributed by atoms with Crippen LogP contribution in [0.5, 0.6) is 0 Å². The van der Waals surface area contributed by atoms with Crippen LogP contribution in [0.2, 0.25) is 0 Å². The number of carbonyl (C=O) groups excluding carboxylic acids is 1. The van der Waals surface area contributed by atoms with E-state index in [1.165, 1.54) is 11.9 Å². The molecule has 160 valence electrons. The van der Waals surface area contributed by atoms with Gasteiger partial charge in [-0.15, -0.1) is 0 Å². The Morgan fingerprint density at radius 2 is 1.88 bits per heavy atom. The zero-order valence-electron chi connectivity index (χ0n) is 18.0. The molecular weight excluding hydrogens is 398 g/mol. The average Bonchev–Trinajstić information content (AvgIpc) is 2.82. The van der Waals surface area contributed by atoms with Crippen LogP contribution in [0.1, 0.15) is 11.1 Å². The second-order valence-corrected chi connectivity index (χ2v) is 8.34. The number of nitrogen functional groups attached to an aromatic ring is 1. The third-order valence-electron chi connectivity index (χ3n) is 6.26. The number of hydrogen-bond donors (Lipinski definition) is 2. The molecule has 6 heteroatoms. The van der Waals surface area contributed by atoms with Gasteiger partial charge in [0.05, 0.1) is 5.52 Å². The molecule has 1 aliphatic heterocycles. The van der Waals surface area contributed by atoms with Gasteiger partial charge in [-0.3, -0.25) is 4.79 Å². The minimum atomic E-state index is -0.332. The van der Waals surface area contributed by atoms with Crippen LogP contribution in [0.3, 0.4) is 0 Å². The molecule has 2 aromatic carbocycles. The van der Waals surface area contributed by atoms with Crippen LogP contribution >= 0.6 is 0 Å². The number of carbonyl (C=O) groups is 1. The van der Waals surface area contributed by atoms with Crippen molar-refractivity contribution in [2.24, 2.45) is 0 Å². The molecular formula is C26H25N5O. The van der Waals surface area contributed by atoms with E-state index in [4.69, 9.17) is 5.73 Å². The van der Waals surface area contributed by atoms with Gasteiger partial charge in [-0.1, -0.05) is 60.7 Å². The highest BCUT2D eigenvalue weighted by atomic mass is 16.2. The summed E-state index contributed by atoms with van der Waals surface area (Å²) in [7, 11) is 1.84. The lowest BCUT2D eigenvalue weighted by Gasteiger charge is -2.32. The number of likely N-dealkylation sites (N-methyl/N-ethyl adjacent to an activating group) is 1. The van der Waals surface area contributed by atoms with E-state index in [0.29, 0.717) is 18.1 Å². The number of aromatic nitrogens is 2. The van der Waals surface area contributed by atoms with Gasteiger partial charge in [-0.25, -0.2) is 9.97 Å². The topological polar surface area (TPSA) is 84.1 Å². The molecule has 1 saturated heterocycles. The monoisotopic (exact) mass is 423 g/mol. The Morgan fingerprint density at radius 3 is 2.66 bits per heavy atom. The van der Waals surface area contributed by atoms with Crippen molar-refractivity contribution in [3.8, 4) is 0 Å². The predicted molar refractivity (Wildman–Crippen MR) is 127 cm³/mol. The van der Waals surface area contributed by atoms with Gasteiger partial charge in [0.2, 0.25) is 0 Å². The van der Waals surface area contributed by atoms with Gasteiger partial charge in [0, 0.05) is 36.5 Å². The summed E-state index contributed by atoms with van der Waals surface area (Å²) < 4.78 is 0. The summed E-state index contributed by atoms with van der Waals surface area (Å²) in [5.74, 6) is 0.516. The van der Waals surface area contributed by atoms with Gasteiger partial charge in [0.1, 0.15) is 17.8 Å². The summed E-state index contributed by atoms with van der Waals surface area (Å²) in [4.78, 5) is 22.8. The molecule has 3 aromatic rings. The third-order valence-corrected chi connectivity index (χ3v) is 6.26. The molecule has 2 aliphatic rings. The number of nitrogens with zero attached hydrogens (tertiary/aromatic N) is 3. The van der Waals surface area contributed by atoms with Gasteiger partial charge in [0.25, 0.3) is 5.91 Å². The standard InChI is InChI=1S/C26H25N5O/c1-31-14-13-28-23(25(31)32)19-9-11-26(12-10-19,20-5-3-2-4-6-20)16-18-7-8-21-22(15-18)29-17-30-24(21)27/h2-12,15,17,28H,13-14,16H2,1H3,(H2,27,29,30). The number of amides is 1. The van der Waals surface area contributed by atoms with Crippen LogP contribution in [0, 0.1) is 0 Å². The van der Waals surface area contributed by atoms with Crippen LogP contribution in [-0.4, -0.2) is 40.9 Å². The van der Waals surface area contributed by atoms with E-state index in [-0.39, 0.29) is 11.3 Å². The van der Waals surface area contributed by atoms with Gasteiger partial charge < -0.3 is 16.0 Å². The molecule has 5 rings (SSSR count). The Morgan fingerprint density at radius 1 is 1.09 bits per heavy atom. The molecule has 32 heavy (non-hydrogen) atoms. The maximum absolute atomic E-state index is 12.6. The molecule has 3 N–H and O–H groups in total. The fraction of sp³-hybridized carbons (Fsp3) is 0.192. The summed E-state index contributed by atoms with van der Waals surface area (Å²) in [6.45, 7) is 1.47. The molecule has 1 aromatic heterocycles. The summed E-state index contributed by atoms with van der Waals surface area (Å²) in [5, 5.41) is 4.13. The van der Waals surface area contributed by atoms with Crippen LogP contribution in [0.15, 0.2) is 90.4 Å². The maximum atomic E-state index is 12.6. The smallest absolute Gasteiger partial charge is 0.270 e. The molecule has 0 saturated carbocycles. The van der Waals surface area contributed by atoms with Crippen LogP contribution < -0.4 is 11.1 Å². The lowest BCUT2D eigenvalue weighted by atomic mass is 9.72. The second kappa shape index (κ2) is 7.96. The highest BCUT2D eigenvalue weighted by molar-refractivity contribution is 5.95. The SMILES string of the molecule is CN1CCNC(=C2C=CC(Cc3ccc4c(N)ncnc4c3)(c3ccccc3)C=C2)C1=O. The summed E-state index contributed by atoms with van der Waals surface area (Å²) in [6.07, 6.45) is 10.8. The first kappa shape index (κ1) is 20.0. The van der Waals surface area contributed by atoms with Gasteiger partial charge >= 0.3 is 0 Å². The number of anilines is 1. The van der Waals surface area contributed by atoms with E-state index in [2.05, 4.69) is 76.0 Å². The van der Waals surface area contributed by atoms with E-state index >= 15 is 0 Å². The Balaban J connectivity index is 1.55. The number of fused-ring (bicyclic) bond motifs is 1. The molecule has 1 aliphatic carbocycles. The van der Waals surface area contributed by atoms with Crippen molar-refractivity contribution >= 4 is 22.6 Å². The van der Waals surface area contributed by atoms with Crippen molar-refractivity contribution in [3.63, 3.8) is 0 Å². The molecule has 0 radical (unpaired) electrons. The zero-order valence-corrected chi connectivity index (χ0v) is 18.0. The quantitative estimate of drug-likeness (QED) is 0.633. The van der Waals surface area contributed by atoms with Gasteiger partial charge in [0.15, 0.2) is 0 Å². The van der Waals surface area contributed by atoms with Crippen molar-refractivity contribution < 1.29 is 4.79 Å². The molecule has 6 nitrogen and oxygen atoms in total. The predicted octanol–water partition coefficient (Wildman–Crippen LogP) is 3.13. The summed E-state index contributed by atoms with van der Waals surface area (Å²) in [6, 6.07) is 16.6. The first-order chi connectivity index (χ1) is 15.6. The minimum absolute atomic E-state index is 0.0274. The van der Waals surface area contributed by atoms with E-state index in [0.717, 1.165) is 35.0 Å². The molecule has 2 heterocycles. The number of piperazine rings is 1. The zero-order chi connectivity index (χ0) is 22.1. The molecule has 0 unspecified atom stereocenters. The van der Waals surface area contributed by atoms with Gasteiger partial charge in [-0.05, 0) is 29.7 Å². The Hall–Kier alpha value is -3.93. The van der Waals surface area contributed by atoms with Crippen LogP contribution in [-0.2, 0) is 16.6 Å². The molecule has 0 spiro atoms. The van der Waals surface area contributed by atoms with Crippen molar-refractivity contribution in [2.45, 2.75) is 11.8 Å². The maximum Gasteiger partial charge on any atom is 0.270 e. The third kappa shape index (κ3) is 3.54. The van der Waals surface area contributed by atoms with Crippen LogP contribution in [0.25, 0.3) is 10.9 Å². The Bertz CT molecular complexity index is 1260. The second-order valence-electron chi connectivity index (χ2n) is 8.34. The van der Waals surface area contributed by atoms with Crippen molar-refractivity contribution in [3.05, 3.63) is 102 Å². The number of rotatable bonds is 3. The molecule has 0 bridgehead atoms. The van der Waals surface area contributed by atoms with E-state index < -0.39 is 0 Å². The van der Waals surface area contributed by atoms with Crippen molar-refractivity contribution in [1.82, 2.24) is 20.2 Å². The summed E-state index contributed by atoms with van der Waals surface area (Å²) in [5.41, 5.74) is 10.4. The van der Waals surface area contributed by atoms with Crippen molar-refractivity contribution in [1.29, 1.82) is 0 Å². The average molecular weight is 424 g/mol. The molecule has 1 amide bonds. The Kier molecular flexibility index (Phi) is 4.98. The minimum Gasteiger partial charge on any atom is -0.383 e. The van der Waals surface area contributed by atoms with E-state index in [1.807, 2.05) is 19.2 Å². The number of allylic oxidation sites excluding steroid dienone is 5. The molecule has 0 atom stereocenters. The number of hydrogen-bond acceptors (Lipinski definition) is 5. The van der Waals surface area contributed by atoms with Crippen LogP contribution in [0.4, 0.5) is 5.82 Å². The van der Waals surface area contributed by atoms with Crippen molar-refractivity contribution in [2.75, 3.05) is 25.9 Å². The normalized spacial score (nSPS) is 20.7. The highest BCUT2D eigenvalue weighted by Gasteiger charge is 2.30. The molecule has 1 fully saturated rings. The summed E-state index contributed by atoms with van der Waals surface area (Å²) >= 11 is 0. The number of benzene rings is 2. The first-order valence-corrected chi connectivity index (χ1v) is 10.7. The number of nitrogens with one attached hydrogen (secondary N) is 1. The fourth-order valence-corrected chi connectivity index (χ4v) is 4.43. The number of nitrogens with two attached hydrogens (primary N) is 1. The first-order valence-electron chi connectivity index (χ1n) is 10.7. The lowest BCUT2D eigenvalue weighted by Crippen LogP contribution is -2.44. The van der Waals surface area contributed by atoms with Gasteiger partial charge in [-0.2, -0.15) is 0 Å². The Labute approximate surface area is 187 Å². The fourth-order valence-electron chi connectivity index (χ4n) is 4.43. The van der Waals surface area contributed by atoms with E-state index in [1.54, 1.807) is 4.90 Å². The highest BCUT2D eigenvalue weighted by Crippen LogP contribution is 2.36.